The molecule has 0 aliphatic carbocycles. The molecule has 0 saturated carbocycles. The average Bonchev–Trinajstić information content (AvgIpc) is 2.92. The first kappa shape index (κ1) is 30.5. The Morgan fingerprint density at radius 1 is 1.09 bits per heavy atom. The molecule has 43 heavy (non-hydrogen) atoms. The van der Waals surface area contributed by atoms with Gasteiger partial charge in [-0.2, -0.15) is 4.98 Å². The van der Waals surface area contributed by atoms with E-state index < -0.39 is 17.1 Å². The van der Waals surface area contributed by atoms with Crippen molar-refractivity contribution in [2.24, 2.45) is 0 Å². The fraction of sp³-hybridized carbons (Fsp3) is 0.394. The van der Waals surface area contributed by atoms with Crippen LogP contribution in [0.1, 0.15) is 58.6 Å². The Kier molecular flexibility index (Phi) is 8.22. The van der Waals surface area contributed by atoms with Crippen LogP contribution in [0.3, 0.4) is 0 Å². The van der Waals surface area contributed by atoms with Crippen LogP contribution in [0.25, 0.3) is 28.0 Å². The number of hydrogen-bond donors (Lipinski definition) is 0. The van der Waals surface area contributed by atoms with Crippen LogP contribution in [0.4, 0.5) is 15.0 Å². The van der Waals surface area contributed by atoms with Crippen molar-refractivity contribution in [1.29, 1.82) is 0 Å². The molecule has 2 aromatic heterocycles. The van der Waals surface area contributed by atoms with Crippen LogP contribution < -0.4 is 10.6 Å². The number of halogens is 2. The summed E-state index contributed by atoms with van der Waals surface area (Å²) in [5.41, 5.74) is 2.01. The summed E-state index contributed by atoms with van der Waals surface area (Å²) in [5, 5.41) is 0.796. The van der Waals surface area contributed by atoms with Crippen LogP contribution in [0.15, 0.2) is 53.3 Å². The minimum absolute atomic E-state index is 0.111. The largest absolute Gasteiger partial charge is 0.444 e. The molecule has 0 spiro atoms. The quantitative estimate of drug-likeness (QED) is 0.246. The third kappa shape index (κ3) is 5.95. The predicted molar refractivity (Wildman–Crippen MR) is 169 cm³/mol. The number of amides is 1. The summed E-state index contributed by atoms with van der Waals surface area (Å²) in [5.74, 6) is 0.0755. The van der Waals surface area contributed by atoms with Crippen LogP contribution >= 0.6 is 11.6 Å². The van der Waals surface area contributed by atoms with Gasteiger partial charge in [-0.25, -0.2) is 23.5 Å². The van der Waals surface area contributed by atoms with Crippen LogP contribution in [0.5, 0.6) is 0 Å². The van der Waals surface area contributed by atoms with Crippen LogP contribution in [-0.2, 0) is 4.74 Å². The molecule has 1 aliphatic heterocycles. The lowest BCUT2D eigenvalue weighted by Crippen LogP contribution is -2.55. The molecule has 3 heterocycles. The van der Waals surface area contributed by atoms with Gasteiger partial charge in [0.25, 0.3) is 0 Å². The number of benzene rings is 2. The average molecular weight is 606 g/mol. The first-order chi connectivity index (χ1) is 20.3. The summed E-state index contributed by atoms with van der Waals surface area (Å²) >= 11 is 6.84. The van der Waals surface area contributed by atoms with Gasteiger partial charge in [0, 0.05) is 31.2 Å². The Morgan fingerprint density at radius 3 is 2.47 bits per heavy atom. The SMILES string of the molecule is Cc1cccc(F)c1-c1nc2c(cc1Cl)c(N1CCN(C(=O)OC(C)(C)C)C[C@@H]1C)nc(=O)n2-c1ccccc1C(C)C. The normalized spacial score (nSPS) is 15.8. The summed E-state index contributed by atoms with van der Waals surface area (Å²) < 4.78 is 22.3. The molecular formula is C33H37ClFN5O3. The number of fused-ring (bicyclic) bond motifs is 1. The Hall–Kier alpha value is -3.98. The summed E-state index contributed by atoms with van der Waals surface area (Å²) in [6, 6.07) is 14.0. The third-order valence-corrected chi connectivity index (χ3v) is 7.90. The number of aromatic nitrogens is 3. The molecule has 1 amide bonds. The van der Waals surface area contributed by atoms with Crippen LogP contribution in [0.2, 0.25) is 5.02 Å². The lowest BCUT2D eigenvalue weighted by molar-refractivity contribution is 0.0218. The molecule has 5 rings (SSSR count). The van der Waals surface area contributed by atoms with E-state index in [1.165, 1.54) is 10.6 Å². The number of rotatable bonds is 4. The second-order valence-corrected chi connectivity index (χ2v) is 12.8. The van der Waals surface area contributed by atoms with E-state index in [-0.39, 0.29) is 34.3 Å². The van der Waals surface area contributed by atoms with Gasteiger partial charge in [0.05, 0.1) is 21.8 Å². The summed E-state index contributed by atoms with van der Waals surface area (Å²) in [6.45, 7) is 14.6. The first-order valence-corrected chi connectivity index (χ1v) is 14.9. The Bertz CT molecular complexity index is 1740. The highest BCUT2D eigenvalue weighted by Gasteiger charge is 2.32. The number of carbonyl (C=O) groups excluding carboxylic acids is 1. The number of piperazine rings is 1. The molecule has 0 radical (unpaired) electrons. The molecule has 1 aliphatic rings. The molecule has 1 atom stereocenters. The number of nitrogens with zero attached hydrogens (tertiary/aromatic N) is 5. The van der Waals surface area contributed by atoms with E-state index in [9.17, 15) is 9.59 Å². The number of ether oxygens (including phenoxy) is 1. The van der Waals surface area contributed by atoms with E-state index in [0.29, 0.717) is 47.7 Å². The van der Waals surface area contributed by atoms with E-state index in [1.807, 2.05) is 56.9 Å². The van der Waals surface area contributed by atoms with E-state index in [2.05, 4.69) is 18.8 Å². The van der Waals surface area contributed by atoms with Crippen molar-refractivity contribution in [3.63, 3.8) is 0 Å². The van der Waals surface area contributed by atoms with Gasteiger partial charge in [0.1, 0.15) is 17.2 Å². The van der Waals surface area contributed by atoms with Gasteiger partial charge in [-0.3, -0.25) is 0 Å². The lowest BCUT2D eigenvalue weighted by atomic mass is 10.0. The van der Waals surface area contributed by atoms with Gasteiger partial charge in [-0.15, -0.1) is 0 Å². The number of hydrogen-bond acceptors (Lipinski definition) is 6. The molecule has 0 unspecified atom stereocenters. The van der Waals surface area contributed by atoms with Crippen molar-refractivity contribution in [3.8, 4) is 16.9 Å². The van der Waals surface area contributed by atoms with E-state index in [0.717, 1.165) is 5.56 Å². The Morgan fingerprint density at radius 2 is 1.81 bits per heavy atom. The molecule has 226 valence electrons. The standard InChI is InChI=1S/C33H37ClFN5O3/c1-19(2)22-12-8-9-14-26(22)40-30-23(17-24(34)28(36-30)27-20(3)11-10-13-25(27)35)29(37-31(40)41)39-16-15-38(18-21(39)4)32(42)43-33(5,6)7/h8-14,17,19,21H,15-16,18H2,1-7H3/t21-/m0/s1. The van der Waals surface area contributed by atoms with Gasteiger partial charge >= 0.3 is 11.8 Å². The van der Waals surface area contributed by atoms with E-state index in [1.54, 1.807) is 30.0 Å². The van der Waals surface area contributed by atoms with E-state index >= 15 is 4.39 Å². The number of carbonyl (C=O) groups is 1. The molecule has 0 bridgehead atoms. The predicted octanol–water partition coefficient (Wildman–Crippen LogP) is 7.12. The highest BCUT2D eigenvalue weighted by atomic mass is 35.5. The minimum Gasteiger partial charge on any atom is -0.444 e. The number of anilines is 1. The van der Waals surface area contributed by atoms with Crippen molar-refractivity contribution in [2.45, 2.75) is 66.0 Å². The molecule has 0 N–H and O–H groups in total. The van der Waals surface area contributed by atoms with Gasteiger partial charge in [-0.1, -0.05) is 55.8 Å². The van der Waals surface area contributed by atoms with Gasteiger partial charge in [0.2, 0.25) is 0 Å². The van der Waals surface area contributed by atoms with Gasteiger partial charge in [0.15, 0.2) is 5.65 Å². The first-order valence-electron chi connectivity index (χ1n) is 14.5. The number of pyridine rings is 1. The zero-order valence-corrected chi connectivity index (χ0v) is 26.4. The van der Waals surface area contributed by atoms with Crippen LogP contribution in [-0.4, -0.2) is 56.8 Å². The summed E-state index contributed by atoms with van der Waals surface area (Å²) in [7, 11) is 0. The van der Waals surface area contributed by atoms with Crippen molar-refractivity contribution >= 4 is 34.5 Å². The lowest BCUT2D eigenvalue weighted by Gasteiger charge is -2.41. The minimum atomic E-state index is -0.608. The van der Waals surface area contributed by atoms with E-state index in [4.69, 9.17) is 21.3 Å². The molecule has 10 heteroatoms. The van der Waals surface area contributed by atoms with Gasteiger partial charge in [-0.05, 0) is 69.9 Å². The summed E-state index contributed by atoms with van der Waals surface area (Å²) in [6.07, 6.45) is -0.382. The number of para-hydroxylation sites is 1. The second kappa shape index (κ2) is 11.6. The monoisotopic (exact) mass is 605 g/mol. The van der Waals surface area contributed by atoms with Crippen molar-refractivity contribution < 1.29 is 13.9 Å². The smallest absolute Gasteiger partial charge is 0.410 e. The molecule has 8 nitrogen and oxygen atoms in total. The van der Waals surface area contributed by atoms with Crippen molar-refractivity contribution in [1.82, 2.24) is 19.4 Å². The fourth-order valence-corrected chi connectivity index (χ4v) is 5.84. The maximum atomic E-state index is 15.2. The summed E-state index contributed by atoms with van der Waals surface area (Å²) in [4.78, 5) is 39.9. The van der Waals surface area contributed by atoms with Crippen molar-refractivity contribution in [3.05, 3.63) is 81.0 Å². The zero-order valence-electron chi connectivity index (χ0n) is 25.6. The fourth-order valence-electron chi connectivity index (χ4n) is 5.59. The highest BCUT2D eigenvalue weighted by Crippen LogP contribution is 2.37. The Labute approximate surface area is 256 Å². The maximum absolute atomic E-state index is 15.2. The molecule has 1 fully saturated rings. The zero-order chi connectivity index (χ0) is 31.2. The third-order valence-electron chi connectivity index (χ3n) is 7.61. The number of aryl methyl sites for hydroxylation is 1. The van der Waals surface area contributed by atoms with Gasteiger partial charge < -0.3 is 14.5 Å². The van der Waals surface area contributed by atoms with Crippen LogP contribution in [0, 0.1) is 12.7 Å². The Balaban J connectivity index is 1.71. The second-order valence-electron chi connectivity index (χ2n) is 12.4. The molecular weight excluding hydrogens is 569 g/mol. The molecule has 2 aromatic carbocycles. The molecule has 1 saturated heterocycles. The highest BCUT2D eigenvalue weighted by molar-refractivity contribution is 6.34. The molecule has 4 aromatic rings. The maximum Gasteiger partial charge on any atom is 0.410 e. The van der Waals surface area contributed by atoms with Crippen molar-refractivity contribution in [2.75, 3.05) is 24.5 Å². The topological polar surface area (TPSA) is 80.6 Å².